The summed E-state index contributed by atoms with van der Waals surface area (Å²) in [5.41, 5.74) is 4.78. The van der Waals surface area contributed by atoms with Gasteiger partial charge in [-0.1, -0.05) is 13.3 Å². The average molecular weight is 146 g/mol. The topological polar surface area (TPSA) is 72.2 Å². The van der Waals surface area contributed by atoms with Crippen molar-refractivity contribution in [1.29, 1.82) is 0 Å². The van der Waals surface area contributed by atoms with Crippen molar-refractivity contribution >= 4 is 12.8 Å². The Morgan fingerprint density at radius 3 is 2.40 bits per heavy atom. The highest BCUT2D eigenvalue weighted by atomic mass is 16.2. The second-order valence-corrected chi connectivity index (χ2v) is 1.64. The van der Waals surface area contributed by atoms with E-state index in [-0.39, 0.29) is 0 Å². The predicted molar refractivity (Wildman–Crippen MR) is 39.6 cm³/mol. The van der Waals surface area contributed by atoms with Crippen LogP contribution in [0.15, 0.2) is 0 Å². The van der Waals surface area contributed by atoms with Crippen LogP contribution in [-0.2, 0) is 4.79 Å². The number of hydrogen-bond acceptors (Lipinski definition) is 2. The lowest BCUT2D eigenvalue weighted by atomic mass is 10.3. The standard InChI is InChI=1S/C5H12N2O.CH2O/c1-2-3-4-7-5(6)8;1-2/h2-4H2,1H3,(H3,6,7,8);1H2. The number of carbonyl (C=O) groups is 2. The number of rotatable bonds is 3. The van der Waals surface area contributed by atoms with Crippen LogP contribution in [0.4, 0.5) is 4.79 Å². The number of unbranched alkanes of at least 4 members (excludes halogenated alkanes) is 1. The van der Waals surface area contributed by atoms with Gasteiger partial charge in [-0.3, -0.25) is 0 Å². The second-order valence-electron chi connectivity index (χ2n) is 1.64. The molecule has 10 heavy (non-hydrogen) atoms. The Bertz CT molecular complexity index is 85.8. The van der Waals surface area contributed by atoms with Crippen LogP contribution in [0, 0.1) is 0 Å². The molecule has 4 nitrogen and oxygen atoms in total. The Kier molecular flexibility index (Phi) is 12.7. The zero-order chi connectivity index (χ0) is 8.41. The first-order chi connectivity index (χ1) is 4.77. The van der Waals surface area contributed by atoms with Crippen molar-refractivity contribution in [2.75, 3.05) is 6.54 Å². The predicted octanol–water partition coefficient (Wildman–Crippen LogP) is 0.270. The Balaban J connectivity index is 0. The third-order valence-corrected chi connectivity index (χ3v) is 0.830. The van der Waals surface area contributed by atoms with Crippen molar-refractivity contribution in [2.24, 2.45) is 5.73 Å². The molecule has 60 valence electrons. The maximum absolute atomic E-state index is 9.99. The molecule has 0 aromatic carbocycles. The van der Waals surface area contributed by atoms with E-state index < -0.39 is 6.03 Å². The number of nitrogens with two attached hydrogens (primary N) is 1. The highest BCUT2D eigenvalue weighted by molar-refractivity contribution is 5.71. The minimum atomic E-state index is -0.432. The molecular weight excluding hydrogens is 132 g/mol. The molecule has 0 aliphatic carbocycles. The lowest BCUT2D eigenvalue weighted by Crippen LogP contribution is -2.29. The van der Waals surface area contributed by atoms with E-state index >= 15 is 0 Å². The van der Waals surface area contributed by atoms with Crippen LogP contribution in [0.3, 0.4) is 0 Å². The Hall–Kier alpha value is -1.06. The number of hydrogen-bond donors (Lipinski definition) is 2. The van der Waals surface area contributed by atoms with Crippen LogP contribution >= 0.6 is 0 Å². The van der Waals surface area contributed by atoms with Crippen LogP contribution < -0.4 is 11.1 Å². The SMILES string of the molecule is C=O.CCCCNC(N)=O. The van der Waals surface area contributed by atoms with E-state index in [0.29, 0.717) is 6.54 Å². The van der Waals surface area contributed by atoms with E-state index in [0.717, 1.165) is 12.8 Å². The molecule has 0 heterocycles. The van der Waals surface area contributed by atoms with Crippen LogP contribution in [0.2, 0.25) is 0 Å². The van der Waals surface area contributed by atoms with Gasteiger partial charge in [0.25, 0.3) is 0 Å². The summed E-state index contributed by atoms with van der Waals surface area (Å²) < 4.78 is 0. The highest BCUT2D eigenvalue weighted by Crippen LogP contribution is 1.80. The van der Waals surface area contributed by atoms with Gasteiger partial charge in [0, 0.05) is 6.54 Å². The number of carbonyl (C=O) groups excluding carboxylic acids is 2. The Labute approximate surface area is 60.8 Å². The van der Waals surface area contributed by atoms with E-state index in [1.807, 2.05) is 6.79 Å². The van der Waals surface area contributed by atoms with Crippen LogP contribution in [0.5, 0.6) is 0 Å². The van der Waals surface area contributed by atoms with Crippen molar-refractivity contribution in [2.45, 2.75) is 19.8 Å². The van der Waals surface area contributed by atoms with Crippen LogP contribution in [0.25, 0.3) is 0 Å². The first-order valence-electron chi connectivity index (χ1n) is 3.09. The Morgan fingerprint density at radius 1 is 1.60 bits per heavy atom. The maximum atomic E-state index is 9.99. The number of nitrogens with one attached hydrogen (secondary N) is 1. The van der Waals surface area contributed by atoms with Gasteiger partial charge < -0.3 is 15.8 Å². The van der Waals surface area contributed by atoms with Crippen LogP contribution in [0.1, 0.15) is 19.8 Å². The van der Waals surface area contributed by atoms with E-state index in [9.17, 15) is 4.79 Å². The normalized spacial score (nSPS) is 7.30. The zero-order valence-electron chi connectivity index (χ0n) is 6.22. The third-order valence-electron chi connectivity index (χ3n) is 0.830. The van der Waals surface area contributed by atoms with Crippen molar-refractivity contribution in [3.8, 4) is 0 Å². The van der Waals surface area contributed by atoms with Gasteiger partial charge in [-0.2, -0.15) is 0 Å². The van der Waals surface area contributed by atoms with Gasteiger partial charge in [-0.25, -0.2) is 4.79 Å². The molecule has 0 spiro atoms. The molecule has 0 aromatic rings. The van der Waals surface area contributed by atoms with E-state index in [2.05, 4.69) is 12.2 Å². The second kappa shape index (κ2) is 10.8. The molecule has 0 unspecified atom stereocenters. The van der Waals surface area contributed by atoms with Gasteiger partial charge in [0.1, 0.15) is 6.79 Å². The summed E-state index contributed by atoms with van der Waals surface area (Å²) in [4.78, 5) is 18.0. The molecule has 0 bridgehead atoms. The van der Waals surface area contributed by atoms with Crippen molar-refractivity contribution in [1.82, 2.24) is 5.32 Å². The van der Waals surface area contributed by atoms with Gasteiger partial charge >= 0.3 is 6.03 Å². The minimum Gasteiger partial charge on any atom is -0.352 e. The molecule has 0 atom stereocenters. The molecule has 2 amide bonds. The largest absolute Gasteiger partial charge is 0.352 e. The van der Waals surface area contributed by atoms with Crippen molar-refractivity contribution in [3.05, 3.63) is 0 Å². The van der Waals surface area contributed by atoms with Crippen LogP contribution in [-0.4, -0.2) is 19.4 Å². The third kappa shape index (κ3) is 15.8. The molecule has 0 fully saturated rings. The molecule has 0 saturated carbocycles. The molecular formula is C6H14N2O2. The molecule has 0 aromatic heterocycles. The number of amides is 2. The molecule has 0 saturated heterocycles. The van der Waals surface area contributed by atoms with Gasteiger partial charge in [0.2, 0.25) is 0 Å². The summed E-state index contributed by atoms with van der Waals surface area (Å²) in [6.45, 7) is 4.76. The fourth-order valence-electron chi connectivity index (χ4n) is 0.388. The zero-order valence-corrected chi connectivity index (χ0v) is 6.22. The summed E-state index contributed by atoms with van der Waals surface area (Å²) in [5, 5.41) is 2.49. The van der Waals surface area contributed by atoms with E-state index in [4.69, 9.17) is 10.5 Å². The first kappa shape index (κ1) is 11.7. The average Bonchev–Trinajstić information content (AvgIpc) is 1.92. The van der Waals surface area contributed by atoms with Gasteiger partial charge in [-0.05, 0) is 6.42 Å². The smallest absolute Gasteiger partial charge is 0.312 e. The maximum Gasteiger partial charge on any atom is 0.312 e. The fraction of sp³-hybridized carbons (Fsp3) is 0.667. The minimum absolute atomic E-state index is 0.432. The molecule has 0 aliphatic rings. The fourth-order valence-corrected chi connectivity index (χ4v) is 0.388. The molecule has 3 N–H and O–H groups in total. The lowest BCUT2D eigenvalue weighted by molar-refractivity contribution is -0.0979. The number of primary amides is 1. The quantitative estimate of drug-likeness (QED) is 0.561. The van der Waals surface area contributed by atoms with E-state index in [1.165, 1.54) is 0 Å². The van der Waals surface area contributed by atoms with Gasteiger partial charge in [-0.15, -0.1) is 0 Å². The summed E-state index contributed by atoms with van der Waals surface area (Å²) >= 11 is 0. The number of urea groups is 1. The molecule has 0 radical (unpaired) electrons. The molecule has 4 heteroatoms. The van der Waals surface area contributed by atoms with Crippen molar-refractivity contribution < 1.29 is 9.59 Å². The van der Waals surface area contributed by atoms with Crippen molar-refractivity contribution in [3.63, 3.8) is 0 Å². The highest BCUT2D eigenvalue weighted by Gasteiger charge is 1.86. The first-order valence-corrected chi connectivity index (χ1v) is 3.09. The summed E-state index contributed by atoms with van der Waals surface area (Å²) in [6.07, 6.45) is 2.09. The summed E-state index contributed by atoms with van der Waals surface area (Å²) in [5.74, 6) is 0. The van der Waals surface area contributed by atoms with Gasteiger partial charge in [0.05, 0.1) is 0 Å². The summed E-state index contributed by atoms with van der Waals surface area (Å²) in [6, 6.07) is -0.432. The molecule has 0 rings (SSSR count). The molecule has 0 aliphatic heterocycles. The lowest BCUT2D eigenvalue weighted by Gasteiger charge is -1.96. The van der Waals surface area contributed by atoms with Gasteiger partial charge in [0.15, 0.2) is 0 Å². The monoisotopic (exact) mass is 146 g/mol. The summed E-state index contributed by atoms with van der Waals surface area (Å²) in [7, 11) is 0. The van der Waals surface area contributed by atoms with E-state index in [1.54, 1.807) is 0 Å². The Morgan fingerprint density at radius 2 is 2.10 bits per heavy atom.